The number of likely N-dealkylation sites (tertiary alicyclic amines) is 1. The van der Waals surface area contributed by atoms with E-state index in [9.17, 15) is 9.59 Å². The van der Waals surface area contributed by atoms with Gasteiger partial charge in [-0.3, -0.25) is 9.59 Å². The Kier molecular flexibility index (Phi) is 13.1. The molecule has 7 atom stereocenters. The molecule has 0 aromatic rings. The summed E-state index contributed by atoms with van der Waals surface area (Å²) in [5, 5.41) is 0. The Labute approximate surface area is 253 Å². The molecule has 4 rings (SSSR count). The first-order valence-electron chi connectivity index (χ1n) is 16.5. The predicted molar refractivity (Wildman–Crippen MR) is 168 cm³/mol. The lowest BCUT2D eigenvalue weighted by Gasteiger charge is -2.37. The molecule has 3 saturated heterocycles. The first-order valence-corrected chi connectivity index (χ1v) is 16.5. The second-order valence-corrected chi connectivity index (χ2v) is 12.7. The van der Waals surface area contributed by atoms with E-state index in [2.05, 4.69) is 39.0 Å². The van der Waals surface area contributed by atoms with Crippen LogP contribution in [0, 0.1) is 11.8 Å². The minimum Gasteiger partial charge on any atom is -0.457 e. The molecule has 7 unspecified atom stereocenters. The van der Waals surface area contributed by atoms with Gasteiger partial charge in [0.05, 0.1) is 30.8 Å². The summed E-state index contributed by atoms with van der Waals surface area (Å²) in [7, 11) is 0. The largest absolute Gasteiger partial charge is 0.457 e. The number of carbonyl (C=O) groups is 2. The maximum Gasteiger partial charge on any atom is 0.309 e. The van der Waals surface area contributed by atoms with Gasteiger partial charge in [-0.2, -0.15) is 0 Å². The van der Waals surface area contributed by atoms with Gasteiger partial charge in [0.15, 0.2) is 0 Å². The number of amides is 1. The summed E-state index contributed by atoms with van der Waals surface area (Å²) in [4.78, 5) is 27.5. The summed E-state index contributed by atoms with van der Waals surface area (Å²) in [5.74, 6) is 0.387. The fraction of sp³-hybridized carbons (Fsp3) is 0.667. The van der Waals surface area contributed by atoms with Gasteiger partial charge in [-0.05, 0) is 76.7 Å². The molecule has 42 heavy (non-hydrogen) atoms. The van der Waals surface area contributed by atoms with Crippen LogP contribution in [-0.2, 0) is 23.8 Å². The van der Waals surface area contributed by atoms with Gasteiger partial charge in [-0.25, -0.2) is 0 Å². The van der Waals surface area contributed by atoms with Crippen molar-refractivity contribution in [2.75, 3.05) is 13.1 Å². The number of allylic oxidation sites excluding steroid dienone is 6. The standard InChI is InChI=1S/C36H53NO5/c1-4-29-23-32-25-31-15-13-14-30(40-31)22-27(2)18-19-28(3)34(42-36(39)26-33(24-29)41-32)16-9-6-5-7-10-17-35(38)37-20-11-8-12-21-37/h4-7,9-10,16,18-19,27-28,30-34H,8,11-15,17,20-26H2,1-3H3. The van der Waals surface area contributed by atoms with Gasteiger partial charge in [-0.1, -0.05) is 68.0 Å². The lowest BCUT2D eigenvalue weighted by molar-refractivity contribution is -0.154. The van der Waals surface area contributed by atoms with Gasteiger partial charge in [0, 0.05) is 31.8 Å². The molecule has 6 heteroatoms. The summed E-state index contributed by atoms with van der Waals surface area (Å²) in [6, 6.07) is 0. The van der Waals surface area contributed by atoms with E-state index in [0.29, 0.717) is 12.3 Å². The summed E-state index contributed by atoms with van der Waals surface area (Å²) in [6.45, 7) is 8.19. The second-order valence-electron chi connectivity index (χ2n) is 12.7. The van der Waals surface area contributed by atoms with Crippen LogP contribution in [0.15, 0.2) is 60.3 Å². The van der Waals surface area contributed by atoms with Crippen molar-refractivity contribution in [2.24, 2.45) is 11.8 Å². The van der Waals surface area contributed by atoms with Crippen molar-refractivity contribution in [1.29, 1.82) is 0 Å². The summed E-state index contributed by atoms with van der Waals surface area (Å²) in [5.41, 5.74) is 1.36. The molecule has 0 aliphatic carbocycles. The lowest BCUT2D eigenvalue weighted by Crippen LogP contribution is -2.37. The Bertz CT molecular complexity index is 1020. The highest BCUT2D eigenvalue weighted by molar-refractivity contribution is 5.77. The zero-order valence-electron chi connectivity index (χ0n) is 26.1. The van der Waals surface area contributed by atoms with Crippen molar-refractivity contribution in [3.8, 4) is 0 Å². The molecule has 6 nitrogen and oxygen atoms in total. The quantitative estimate of drug-likeness (QED) is 0.193. The number of cyclic esters (lactones) is 1. The van der Waals surface area contributed by atoms with Gasteiger partial charge >= 0.3 is 5.97 Å². The fourth-order valence-electron chi connectivity index (χ4n) is 6.65. The van der Waals surface area contributed by atoms with E-state index in [1.807, 2.05) is 41.4 Å². The molecular formula is C36H53NO5. The highest BCUT2D eigenvalue weighted by Crippen LogP contribution is 2.33. The molecule has 4 aliphatic heterocycles. The monoisotopic (exact) mass is 579 g/mol. The van der Waals surface area contributed by atoms with E-state index in [0.717, 1.165) is 64.5 Å². The predicted octanol–water partition coefficient (Wildman–Crippen LogP) is 7.41. The van der Waals surface area contributed by atoms with E-state index in [-0.39, 0.29) is 54.7 Å². The number of hydrogen-bond acceptors (Lipinski definition) is 5. The lowest BCUT2D eigenvalue weighted by atomic mass is 9.90. The Hall–Kier alpha value is -2.44. The molecular weight excluding hydrogens is 526 g/mol. The number of piperidine rings is 1. The second kappa shape index (κ2) is 17.0. The van der Waals surface area contributed by atoms with Crippen LogP contribution < -0.4 is 0 Å². The summed E-state index contributed by atoms with van der Waals surface area (Å²) < 4.78 is 19.1. The van der Waals surface area contributed by atoms with Crippen LogP contribution in [0.4, 0.5) is 0 Å². The molecule has 4 bridgehead atoms. The van der Waals surface area contributed by atoms with Gasteiger partial charge in [-0.15, -0.1) is 0 Å². The van der Waals surface area contributed by atoms with Crippen LogP contribution in [-0.4, -0.2) is 60.4 Å². The van der Waals surface area contributed by atoms with Crippen molar-refractivity contribution in [3.63, 3.8) is 0 Å². The Morgan fingerprint density at radius 3 is 2.36 bits per heavy atom. The molecule has 0 aromatic carbocycles. The molecule has 232 valence electrons. The van der Waals surface area contributed by atoms with Crippen LogP contribution >= 0.6 is 0 Å². The molecule has 1 amide bonds. The number of carbonyl (C=O) groups excluding carboxylic acids is 2. The third-order valence-corrected chi connectivity index (χ3v) is 9.07. The molecule has 4 aliphatic rings. The smallest absolute Gasteiger partial charge is 0.309 e. The molecule has 0 saturated carbocycles. The molecule has 0 aromatic heterocycles. The van der Waals surface area contributed by atoms with Gasteiger partial charge < -0.3 is 19.1 Å². The third kappa shape index (κ3) is 10.7. The number of esters is 1. The minimum atomic E-state index is -0.376. The third-order valence-electron chi connectivity index (χ3n) is 9.07. The van der Waals surface area contributed by atoms with Crippen molar-refractivity contribution >= 4 is 11.9 Å². The molecule has 4 heterocycles. The van der Waals surface area contributed by atoms with E-state index in [1.54, 1.807) is 0 Å². The summed E-state index contributed by atoms with van der Waals surface area (Å²) >= 11 is 0. The SMILES string of the molecule is CC=C1CC2CC(=O)OC(C=CC=CC=CCC(=O)N3CCCCC3)C(C)C=CC(C)CC3CCCC(CC(C1)O2)O3. The van der Waals surface area contributed by atoms with Crippen LogP contribution in [0.1, 0.15) is 97.8 Å². The zero-order valence-corrected chi connectivity index (χ0v) is 26.1. The van der Waals surface area contributed by atoms with E-state index >= 15 is 0 Å². The number of hydrogen-bond donors (Lipinski definition) is 0. The maximum atomic E-state index is 13.2. The number of rotatable bonds is 5. The topological polar surface area (TPSA) is 65.1 Å². The average Bonchev–Trinajstić information content (AvgIpc) is 2.98. The van der Waals surface area contributed by atoms with Crippen LogP contribution in [0.2, 0.25) is 0 Å². The maximum absolute atomic E-state index is 13.2. The zero-order chi connectivity index (χ0) is 29.7. The van der Waals surface area contributed by atoms with E-state index < -0.39 is 0 Å². The van der Waals surface area contributed by atoms with Crippen molar-refractivity contribution in [3.05, 3.63) is 60.3 Å². The Balaban J connectivity index is 1.40. The molecule has 0 spiro atoms. The van der Waals surface area contributed by atoms with Crippen molar-refractivity contribution in [2.45, 2.75) is 128 Å². The Morgan fingerprint density at radius 2 is 1.57 bits per heavy atom. The minimum absolute atomic E-state index is 0.0257. The highest BCUT2D eigenvalue weighted by atomic mass is 16.5. The molecule has 0 radical (unpaired) electrons. The van der Waals surface area contributed by atoms with E-state index in [1.165, 1.54) is 18.4 Å². The number of fused-ring (bicyclic) bond motifs is 4. The first kappa shape index (κ1) is 32.5. The van der Waals surface area contributed by atoms with Crippen molar-refractivity contribution < 1.29 is 23.8 Å². The highest BCUT2D eigenvalue weighted by Gasteiger charge is 2.32. The van der Waals surface area contributed by atoms with Gasteiger partial charge in [0.2, 0.25) is 5.91 Å². The first-order chi connectivity index (χ1) is 20.4. The van der Waals surface area contributed by atoms with Gasteiger partial charge in [0.25, 0.3) is 0 Å². The normalized spacial score (nSPS) is 34.8. The van der Waals surface area contributed by atoms with Crippen LogP contribution in [0.25, 0.3) is 0 Å². The molecule has 0 N–H and O–H groups in total. The number of ether oxygens (including phenoxy) is 3. The van der Waals surface area contributed by atoms with Gasteiger partial charge in [0.1, 0.15) is 6.10 Å². The average molecular weight is 580 g/mol. The summed E-state index contributed by atoms with van der Waals surface area (Å²) in [6.07, 6.45) is 29.4. The number of nitrogens with zero attached hydrogens (tertiary/aromatic N) is 1. The fourth-order valence-corrected chi connectivity index (χ4v) is 6.65. The molecule has 3 fully saturated rings. The van der Waals surface area contributed by atoms with E-state index in [4.69, 9.17) is 14.2 Å². The van der Waals surface area contributed by atoms with Crippen LogP contribution in [0.3, 0.4) is 0 Å². The van der Waals surface area contributed by atoms with Crippen LogP contribution in [0.5, 0.6) is 0 Å². The Morgan fingerprint density at radius 1 is 0.857 bits per heavy atom. The van der Waals surface area contributed by atoms with Crippen molar-refractivity contribution in [1.82, 2.24) is 4.90 Å².